The van der Waals surface area contributed by atoms with E-state index >= 15 is 0 Å². The average molecular weight is 381 g/mol. The van der Waals surface area contributed by atoms with Crippen LogP contribution in [0.2, 0.25) is 0 Å². The van der Waals surface area contributed by atoms with Crippen LogP contribution in [0.25, 0.3) is 0 Å². The SMILES string of the molecule is CC(=O)NCC1CN(c2ccc(C3CCCSC(=O)N3)c(F)c2)C(=O)O1. The minimum Gasteiger partial charge on any atom is -0.442 e. The summed E-state index contributed by atoms with van der Waals surface area (Å²) in [7, 11) is 0. The summed E-state index contributed by atoms with van der Waals surface area (Å²) >= 11 is 1.20. The molecule has 1 aromatic rings. The monoisotopic (exact) mass is 381 g/mol. The fourth-order valence-corrected chi connectivity index (χ4v) is 3.73. The van der Waals surface area contributed by atoms with E-state index in [1.54, 1.807) is 12.1 Å². The minimum atomic E-state index is -0.577. The molecule has 26 heavy (non-hydrogen) atoms. The highest BCUT2D eigenvalue weighted by Gasteiger charge is 2.33. The third-order valence-electron chi connectivity index (χ3n) is 4.29. The first-order valence-electron chi connectivity index (χ1n) is 8.39. The van der Waals surface area contributed by atoms with Crippen molar-refractivity contribution < 1.29 is 23.5 Å². The number of hydrogen-bond donors (Lipinski definition) is 2. The Morgan fingerprint density at radius 2 is 2.27 bits per heavy atom. The fourth-order valence-electron chi connectivity index (χ4n) is 3.00. The first-order valence-corrected chi connectivity index (χ1v) is 9.38. The van der Waals surface area contributed by atoms with Crippen molar-refractivity contribution in [3.05, 3.63) is 29.6 Å². The van der Waals surface area contributed by atoms with E-state index in [1.165, 1.54) is 29.7 Å². The number of anilines is 1. The summed E-state index contributed by atoms with van der Waals surface area (Å²) in [5.41, 5.74) is 0.794. The van der Waals surface area contributed by atoms with Gasteiger partial charge in [0.15, 0.2) is 0 Å². The summed E-state index contributed by atoms with van der Waals surface area (Å²) in [4.78, 5) is 36.0. The van der Waals surface area contributed by atoms with Crippen molar-refractivity contribution in [2.24, 2.45) is 0 Å². The molecule has 140 valence electrons. The molecule has 2 aliphatic rings. The number of amides is 3. The second kappa shape index (κ2) is 7.94. The van der Waals surface area contributed by atoms with Crippen LogP contribution in [-0.2, 0) is 9.53 Å². The van der Waals surface area contributed by atoms with Crippen LogP contribution in [-0.4, -0.2) is 42.2 Å². The van der Waals surface area contributed by atoms with Crippen molar-refractivity contribution >= 4 is 34.7 Å². The van der Waals surface area contributed by atoms with E-state index < -0.39 is 18.0 Å². The highest BCUT2D eigenvalue weighted by Crippen LogP contribution is 2.30. The van der Waals surface area contributed by atoms with Crippen LogP contribution in [0.5, 0.6) is 0 Å². The van der Waals surface area contributed by atoms with Gasteiger partial charge in [0, 0.05) is 18.2 Å². The molecule has 2 aliphatic heterocycles. The van der Waals surface area contributed by atoms with Gasteiger partial charge >= 0.3 is 6.09 Å². The molecular weight excluding hydrogens is 361 g/mol. The fraction of sp³-hybridized carbons (Fsp3) is 0.471. The summed E-state index contributed by atoms with van der Waals surface area (Å²) in [5, 5.41) is 5.25. The van der Waals surface area contributed by atoms with E-state index in [1.807, 2.05) is 0 Å². The maximum absolute atomic E-state index is 14.6. The second-order valence-corrected chi connectivity index (χ2v) is 7.30. The molecule has 2 unspecified atom stereocenters. The van der Waals surface area contributed by atoms with Crippen LogP contribution in [0, 0.1) is 5.82 Å². The first kappa shape index (κ1) is 18.5. The molecule has 3 rings (SSSR count). The third-order valence-corrected chi connectivity index (χ3v) is 5.16. The summed E-state index contributed by atoms with van der Waals surface area (Å²) in [6, 6.07) is 4.15. The van der Waals surface area contributed by atoms with Crippen molar-refractivity contribution in [3.63, 3.8) is 0 Å². The Balaban J connectivity index is 1.72. The lowest BCUT2D eigenvalue weighted by molar-refractivity contribution is -0.119. The Bertz CT molecular complexity index is 730. The normalized spacial score (nSPS) is 23.2. The maximum Gasteiger partial charge on any atom is 0.414 e. The number of benzene rings is 1. The molecule has 0 aromatic heterocycles. The number of ether oxygens (including phenoxy) is 1. The van der Waals surface area contributed by atoms with Crippen molar-refractivity contribution in [1.29, 1.82) is 0 Å². The van der Waals surface area contributed by atoms with E-state index in [9.17, 15) is 18.8 Å². The zero-order valence-corrected chi connectivity index (χ0v) is 15.1. The quantitative estimate of drug-likeness (QED) is 0.837. The van der Waals surface area contributed by atoms with Gasteiger partial charge in [0.2, 0.25) is 5.91 Å². The zero-order chi connectivity index (χ0) is 18.7. The van der Waals surface area contributed by atoms with E-state index in [0.29, 0.717) is 17.7 Å². The molecule has 0 saturated carbocycles. The Morgan fingerprint density at radius 1 is 1.46 bits per heavy atom. The number of carbonyl (C=O) groups is 3. The summed E-state index contributed by atoms with van der Waals surface area (Å²) in [6.07, 6.45) is 0.428. The number of hydrogen-bond acceptors (Lipinski definition) is 5. The lowest BCUT2D eigenvalue weighted by Gasteiger charge is -2.19. The van der Waals surface area contributed by atoms with Crippen LogP contribution in [0.3, 0.4) is 0 Å². The first-order chi connectivity index (χ1) is 12.4. The minimum absolute atomic E-state index is 0.153. The highest BCUT2D eigenvalue weighted by atomic mass is 32.2. The van der Waals surface area contributed by atoms with Gasteiger partial charge in [-0.2, -0.15) is 0 Å². The number of cyclic esters (lactones) is 1. The second-order valence-electron chi connectivity index (χ2n) is 6.23. The molecule has 7 nitrogen and oxygen atoms in total. The number of nitrogens with one attached hydrogen (secondary N) is 2. The van der Waals surface area contributed by atoms with Gasteiger partial charge in [0.05, 0.1) is 24.8 Å². The third kappa shape index (κ3) is 4.27. The van der Waals surface area contributed by atoms with Gasteiger partial charge in [-0.05, 0) is 25.0 Å². The van der Waals surface area contributed by atoms with Crippen molar-refractivity contribution in [2.75, 3.05) is 23.7 Å². The number of carbonyl (C=O) groups excluding carboxylic acids is 3. The standard InChI is InChI=1S/C17H20FN3O4S/c1-10(22)19-8-12-9-21(17(24)25-12)11-4-5-13(14(18)7-11)15-3-2-6-26-16(23)20-15/h4-5,7,12,15H,2-3,6,8-9H2,1H3,(H,19,22)(H,20,23). The number of halogens is 1. The predicted octanol–water partition coefficient (Wildman–Crippen LogP) is 2.56. The molecule has 0 aliphatic carbocycles. The number of nitrogens with zero attached hydrogens (tertiary/aromatic N) is 1. The lowest BCUT2D eigenvalue weighted by atomic mass is 10.0. The van der Waals surface area contributed by atoms with Crippen LogP contribution < -0.4 is 15.5 Å². The Labute approximate surface area is 154 Å². The molecular formula is C17H20FN3O4S. The van der Waals surface area contributed by atoms with Gasteiger partial charge in [-0.15, -0.1) is 0 Å². The molecule has 3 amide bonds. The molecule has 0 radical (unpaired) electrons. The van der Waals surface area contributed by atoms with Crippen molar-refractivity contribution in [1.82, 2.24) is 10.6 Å². The highest BCUT2D eigenvalue weighted by molar-refractivity contribution is 8.13. The van der Waals surface area contributed by atoms with Gasteiger partial charge in [0.25, 0.3) is 5.24 Å². The number of thioether (sulfide) groups is 1. The van der Waals surface area contributed by atoms with Gasteiger partial charge in [0.1, 0.15) is 11.9 Å². The van der Waals surface area contributed by atoms with E-state index in [-0.39, 0.29) is 30.3 Å². The van der Waals surface area contributed by atoms with Gasteiger partial charge in [-0.25, -0.2) is 9.18 Å². The Kier molecular flexibility index (Phi) is 5.65. The number of rotatable bonds is 4. The van der Waals surface area contributed by atoms with E-state index in [4.69, 9.17) is 4.74 Å². The molecule has 1 aromatic carbocycles. The zero-order valence-electron chi connectivity index (χ0n) is 14.3. The topological polar surface area (TPSA) is 87.7 Å². The van der Waals surface area contributed by atoms with Crippen LogP contribution in [0.15, 0.2) is 18.2 Å². The van der Waals surface area contributed by atoms with Gasteiger partial charge < -0.3 is 15.4 Å². The smallest absolute Gasteiger partial charge is 0.414 e. The average Bonchev–Trinajstić information content (AvgIpc) is 2.82. The Hall–Kier alpha value is -2.29. The van der Waals surface area contributed by atoms with Crippen LogP contribution >= 0.6 is 11.8 Å². The summed E-state index contributed by atoms with van der Waals surface area (Å²) in [5.74, 6) is 0.0356. The van der Waals surface area contributed by atoms with E-state index in [2.05, 4.69) is 10.6 Å². The molecule has 9 heteroatoms. The molecule has 2 heterocycles. The van der Waals surface area contributed by atoms with Crippen molar-refractivity contribution in [3.8, 4) is 0 Å². The van der Waals surface area contributed by atoms with Crippen molar-refractivity contribution in [2.45, 2.75) is 31.9 Å². The molecule has 0 bridgehead atoms. The molecule has 2 atom stereocenters. The lowest BCUT2D eigenvalue weighted by Crippen LogP contribution is -2.33. The predicted molar refractivity (Wildman–Crippen MR) is 95.7 cm³/mol. The van der Waals surface area contributed by atoms with Crippen LogP contribution in [0.4, 0.5) is 19.7 Å². The Morgan fingerprint density at radius 3 is 3.00 bits per heavy atom. The van der Waals surface area contributed by atoms with Crippen LogP contribution in [0.1, 0.15) is 31.4 Å². The maximum atomic E-state index is 14.6. The van der Waals surface area contributed by atoms with Gasteiger partial charge in [-0.1, -0.05) is 17.8 Å². The summed E-state index contributed by atoms with van der Waals surface area (Å²) in [6.45, 7) is 1.83. The largest absolute Gasteiger partial charge is 0.442 e. The molecule has 0 spiro atoms. The van der Waals surface area contributed by atoms with E-state index in [0.717, 1.165) is 12.2 Å². The molecule has 2 saturated heterocycles. The molecule has 2 N–H and O–H groups in total. The summed E-state index contributed by atoms with van der Waals surface area (Å²) < 4.78 is 19.8. The van der Waals surface area contributed by atoms with Gasteiger partial charge in [-0.3, -0.25) is 14.5 Å². The molecule has 2 fully saturated rings.